The summed E-state index contributed by atoms with van der Waals surface area (Å²) in [6.45, 7) is 1.97. The fraction of sp³-hybridized carbons (Fsp3) is 0.133. The van der Waals surface area contributed by atoms with Crippen molar-refractivity contribution < 1.29 is 4.79 Å². The van der Waals surface area contributed by atoms with Crippen molar-refractivity contribution in [2.45, 2.75) is 17.9 Å². The summed E-state index contributed by atoms with van der Waals surface area (Å²) in [5, 5.41) is 2.97. The molecule has 0 unspecified atom stereocenters. The molecule has 0 saturated heterocycles. The highest BCUT2D eigenvalue weighted by Gasteiger charge is 2.12. The highest BCUT2D eigenvalue weighted by atomic mass is 32.1. The summed E-state index contributed by atoms with van der Waals surface area (Å²) in [4.78, 5) is 12.8. The normalized spacial score (nSPS) is 11.9. The molecule has 0 radical (unpaired) electrons. The van der Waals surface area contributed by atoms with Gasteiger partial charge in [-0.2, -0.15) is 0 Å². The highest BCUT2D eigenvalue weighted by Crippen LogP contribution is 2.16. The Morgan fingerprint density at radius 2 is 1.67 bits per heavy atom. The molecule has 2 nitrogen and oxygen atoms in total. The van der Waals surface area contributed by atoms with Gasteiger partial charge in [0.1, 0.15) is 0 Å². The van der Waals surface area contributed by atoms with Gasteiger partial charge in [-0.25, -0.2) is 0 Å². The number of rotatable bonds is 3. The van der Waals surface area contributed by atoms with E-state index in [-0.39, 0.29) is 11.9 Å². The van der Waals surface area contributed by atoms with Gasteiger partial charge in [-0.1, -0.05) is 42.5 Å². The molecule has 18 heavy (non-hydrogen) atoms. The van der Waals surface area contributed by atoms with E-state index < -0.39 is 0 Å². The van der Waals surface area contributed by atoms with Crippen LogP contribution < -0.4 is 5.32 Å². The van der Waals surface area contributed by atoms with E-state index in [0.29, 0.717) is 10.5 Å². The zero-order chi connectivity index (χ0) is 13.0. The molecule has 0 spiro atoms. The van der Waals surface area contributed by atoms with Gasteiger partial charge in [0.25, 0.3) is 5.91 Å². The second-order valence-corrected chi connectivity index (χ2v) is 4.60. The minimum absolute atomic E-state index is 0.0216. The Morgan fingerprint density at radius 1 is 1.06 bits per heavy atom. The fourth-order valence-corrected chi connectivity index (χ4v) is 2.03. The third kappa shape index (κ3) is 2.93. The number of hydrogen-bond donors (Lipinski definition) is 2. The van der Waals surface area contributed by atoms with Crippen LogP contribution >= 0.6 is 12.6 Å². The lowest BCUT2D eigenvalue weighted by Gasteiger charge is -2.15. The lowest BCUT2D eigenvalue weighted by atomic mass is 10.1. The van der Waals surface area contributed by atoms with Crippen molar-refractivity contribution >= 4 is 18.5 Å². The average molecular weight is 257 g/mol. The Morgan fingerprint density at radius 3 is 2.33 bits per heavy atom. The first-order chi connectivity index (χ1) is 8.68. The van der Waals surface area contributed by atoms with Crippen molar-refractivity contribution in [3.05, 3.63) is 65.7 Å². The van der Waals surface area contributed by atoms with Gasteiger partial charge < -0.3 is 5.32 Å². The first kappa shape index (κ1) is 12.7. The first-order valence-corrected chi connectivity index (χ1v) is 6.27. The molecule has 0 fully saturated rings. The van der Waals surface area contributed by atoms with Gasteiger partial charge in [-0.3, -0.25) is 4.79 Å². The van der Waals surface area contributed by atoms with Crippen molar-refractivity contribution in [1.29, 1.82) is 0 Å². The minimum Gasteiger partial charge on any atom is -0.345 e. The van der Waals surface area contributed by atoms with Crippen LogP contribution in [0.1, 0.15) is 28.9 Å². The Kier molecular flexibility index (Phi) is 4.05. The first-order valence-electron chi connectivity index (χ1n) is 5.82. The smallest absolute Gasteiger partial charge is 0.252 e. The molecule has 2 aromatic rings. The lowest BCUT2D eigenvalue weighted by Crippen LogP contribution is -2.26. The van der Waals surface area contributed by atoms with Crippen LogP contribution in [0.3, 0.4) is 0 Å². The third-order valence-electron chi connectivity index (χ3n) is 2.80. The summed E-state index contributed by atoms with van der Waals surface area (Å²) < 4.78 is 0. The van der Waals surface area contributed by atoms with Crippen molar-refractivity contribution in [1.82, 2.24) is 5.32 Å². The molecule has 2 rings (SSSR count). The maximum absolute atomic E-state index is 12.1. The molecule has 92 valence electrons. The zero-order valence-corrected chi connectivity index (χ0v) is 11.0. The average Bonchev–Trinajstić information content (AvgIpc) is 2.40. The molecule has 3 heteroatoms. The van der Waals surface area contributed by atoms with Crippen molar-refractivity contribution in [2.24, 2.45) is 0 Å². The topological polar surface area (TPSA) is 29.1 Å². The van der Waals surface area contributed by atoms with E-state index in [2.05, 4.69) is 17.9 Å². The number of amides is 1. The molecule has 0 aliphatic heterocycles. The molecule has 0 aliphatic rings. The van der Waals surface area contributed by atoms with Crippen LogP contribution in [0.2, 0.25) is 0 Å². The van der Waals surface area contributed by atoms with Crippen LogP contribution in [0.4, 0.5) is 0 Å². The molecule has 1 atom stereocenters. The summed E-state index contributed by atoms with van der Waals surface area (Å²) in [5.41, 5.74) is 1.69. The Balaban J connectivity index is 2.11. The molecule has 0 aliphatic carbocycles. The van der Waals surface area contributed by atoms with Gasteiger partial charge in [-0.15, -0.1) is 12.6 Å². The second kappa shape index (κ2) is 5.74. The van der Waals surface area contributed by atoms with Gasteiger partial charge in [0.2, 0.25) is 0 Å². The monoisotopic (exact) mass is 257 g/mol. The van der Waals surface area contributed by atoms with Gasteiger partial charge in [0.05, 0.1) is 11.6 Å². The predicted octanol–water partition coefficient (Wildman–Crippen LogP) is 3.47. The molecule has 1 N–H and O–H groups in total. The van der Waals surface area contributed by atoms with Gasteiger partial charge in [-0.05, 0) is 24.6 Å². The Bertz CT molecular complexity index is 539. The SMILES string of the molecule is C[C@@H](NC(=O)c1ccccc1S)c1ccccc1. The van der Waals surface area contributed by atoms with E-state index in [9.17, 15) is 4.79 Å². The predicted molar refractivity (Wildman–Crippen MR) is 76.0 cm³/mol. The van der Waals surface area contributed by atoms with E-state index in [4.69, 9.17) is 0 Å². The second-order valence-electron chi connectivity index (χ2n) is 4.12. The number of nitrogens with one attached hydrogen (secondary N) is 1. The Hall–Kier alpha value is -1.74. The van der Waals surface area contributed by atoms with E-state index >= 15 is 0 Å². The van der Waals surface area contributed by atoms with E-state index in [1.54, 1.807) is 6.07 Å². The summed E-state index contributed by atoms with van der Waals surface area (Å²) in [7, 11) is 0. The van der Waals surface area contributed by atoms with Crippen molar-refractivity contribution in [2.75, 3.05) is 0 Å². The van der Waals surface area contributed by atoms with Crippen molar-refractivity contribution in [3.63, 3.8) is 0 Å². The maximum Gasteiger partial charge on any atom is 0.252 e. The molecule has 1 amide bonds. The highest BCUT2D eigenvalue weighted by molar-refractivity contribution is 7.80. The third-order valence-corrected chi connectivity index (χ3v) is 3.19. The van der Waals surface area contributed by atoms with Crippen LogP contribution in [-0.2, 0) is 0 Å². The molecule has 0 heterocycles. The minimum atomic E-state index is -0.100. The summed E-state index contributed by atoms with van der Waals surface area (Å²) in [6.07, 6.45) is 0. The Labute approximate surface area is 112 Å². The van der Waals surface area contributed by atoms with Crippen LogP contribution in [0.15, 0.2) is 59.5 Å². The van der Waals surface area contributed by atoms with Crippen LogP contribution in [0.25, 0.3) is 0 Å². The van der Waals surface area contributed by atoms with E-state index in [1.165, 1.54) is 0 Å². The van der Waals surface area contributed by atoms with Gasteiger partial charge in [0, 0.05) is 4.90 Å². The van der Waals surface area contributed by atoms with Crippen LogP contribution in [0.5, 0.6) is 0 Å². The number of carbonyl (C=O) groups is 1. The molecular weight excluding hydrogens is 242 g/mol. The molecule has 0 bridgehead atoms. The lowest BCUT2D eigenvalue weighted by molar-refractivity contribution is 0.0937. The molecular formula is C15H15NOS. The van der Waals surface area contributed by atoms with Crippen molar-refractivity contribution in [3.8, 4) is 0 Å². The fourth-order valence-electron chi connectivity index (χ4n) is 1.77. The number of thiol groups is 1. The molecule has 2 aromatic carbocycles. The maximum atomic E-state index is 12.1. The number of hydrogen-bond acceptors (Lipinski definition) is 2. The molecule has 0 saturated carbocycles. The summed E-state index contributed by atoms with van der Waals surface area (Å²) in [6, 6.07) is 17.1. The number of benzene rings is 2. The van der Waals surface area contributed by atoms with Gasteiger partial charge >= 0.3 is 0 Å². The number of carbonyl (C=O) groups excluding carboxylic acids is 1. The molecule has 0 aromatic heterocycles. The van der Waals surface area contributed by atoms with E-state index in [0.717, 1.165) is 5.56 Å². The largest absolute Gasteiger partial charge is 0.345 e. The van der Waals surface area contributed by atoms with Gasteiger partial charge in [0.15, 0.2) is 0 Å². The zero-order valence-electron chi connectivity index (χ0n) is 10.1. The van der Waals surface area contributed by atoms with Crippen LogP contribution in [-0.4, -0.2) is 5.91 Å². The van der Waals surface area contributed by atoms with E-state index in [1.807, 2.05) is 55.5 Å². The van der Waals surface area contributed by atoms with Crippen LogP contribution in [0, 0.1) is 0 Å². The quantitative estimate of drug-likeness (QED) is 0.810. The summed E-state index contributed by atoms with van der Waals surface area (Å²) in [5.74, 6) is -0.100. The summed E-state index contributed by atoms with van der Waals surface area (Å²) >= 11 is 4.29. The standard InChI is InChI=1S/C15H15NOS/c1-11(12-7-3-2-4-8-12)16-15(17)13-9-5-6-10-14(13)18/h2-11,18H,1H3,(H,16,17)/t11-/m1/s1.